The molecule has 1 unspecified atom stereocenters. The van der Waals surface area contributed by atoms with Crippen LogP contribution in [0.1, 0.15) is 78.6 Å². The molecule has 0 radical (unpaired) electrons. The fraction of sp³-hybridized carbons (Fsp3) is 0.857. The number of ether oxygens (including phenoxy) is 3. The van der Waals surface area contributed by atoms with E-state index in [1.54, 1.807) is 7.11 Å². The third-order valence-corrected chi connectivity index (χ3v) is 4.13. The van der Waals surface area contributed by atoms with Crippen LogP contribution in [0.25, 0.3) is 0 Å². The lowest BCUT2D eigenvalue weighted by Crippen LogP contribution is -2.19. The van der Waals surface area contributed by atoms with Crippen LogP contribution < -0.4 is 0 Å². The molecule has 25 heavy (non-hydrogen) atoms. The van der Waals surface area contributed by atoms with Crippen LogP contribution in [-0.4, -0.2) is 32.9 Å². The van der Waals surface area contributed by atoms with Crippen LogP contribution in [0, 0.1) is 11.8 Å². The second kappa shape index (κ2) is 16.4. The van der Waals surface area contributed by atoms with Gasteiger partial charge in [-0.1, -0.05) is 59.5 Å². The van der Waals surface area contributed by atoms with Crippen LogP contribution in [-0.2, 0) is 19.0 Å². The molecule has 0 aromatic carbocycles. The summed E-state index contributed by atoms with van der Waals surface area (Å²) in [5.41, 5.74) is 0. The van der Waals surface area contributed by atoms with Gasteiger partial charge in [0.1, 0.15) is 0 Å². The molecule has 4 nitrogen and oxygen atoms in total. The zero-order valence-corrected chi connectivity index (χ0v) is 17.0. The minimum atomic E-state index is -0.108. The average molecular weight is 357 g/mol. The van der Waals surface area contributed by atoms with Gasteiger partial charge in [-0.2, -0.15) is 0 Å². The van der Waals surface area contributed by atoms with Crippen molar-refractivity contribution in [3.05, 3.63) is 12.3 Å². The summed E-state index contributed by atoms with van der Waals surface area (Å²) < 4.78 is 16.3. The Balaban J connectivity index is 3.89. The minimum Gasteiger partial charge on any atom is -0.499 e. The molecular weight excluding hydrogens is 316 g/mol. The standard InChI is InChI=1S/C21H40O4/c1-6-7-8-9-10-11-12-21(22)25-17-20(16-23-5)15-19(4)24-14-13-18(2)3/h18,20H,4,6-17H2,1-3,5H3. The number of hydrogen-bond donors (Lipinski definition) is 0. The van der Waals surface area contributed by atoms with Crippen molar-refractivity contribution in [2.24, 2.45) is 11.8 Å². The van der Waals surface area contributed by atoms with Crippen molar-refractivity contribution in [3.8, 4) is 0 Å². The number of esters is 1. The zero-order valence-electron chi connectivity index (χ0n) is 17.0. The number of carbonyl (C=O) groups is 1. The minimum absolute atomic E-state index is 0.102. The summed E-state index contributed by atoms with van der Waals surface area (Å²) in [6.45, 7) is 12.1. The van der Waals surface area contributed by atoms with E-state index in [0.717, 1.165) is 25.0 Å². The van der Waals surface area contributed by atoms with E-state index in [9.17, 15) is 4.79 Å². The lowest BCUT2D eigenvalue weighted by Gasteiger charge is -2.18. The van der Waals surface area contributed by atoms with Crippen molar-refractivity contribution in [2.75, 3.05) is 26.9 Å². The third kappa shape index (κ3) is 16.2. The summed E-state index contributed by atoms with van der Waals surface area (Å²) in [6.07, 6.45) is 9.22. The van der Waals surface area contributed by atoms with Crippen molar-refractivity contribution in [3.63, 3.8) is 0 Å². The Morgan fingerprint density at radius 1 is 1.00 bits per heavy atom. The molecule has 0 aliphatic rings. The fourth-order valence-electron chi connectivity index (χ4n) is 2.55. The molecule has 148 valence electrons. The smallest absolute Gasteiger partial charge is 0.305 e. The lowest BCUT2D eigenvalue weighted by molar-refractivity contribution is -0.145. The van der Waals surface area contributed by atoms with E-state index >= 15 is 0 Å². The van der Waals surface area contributed by atoms with E-state index in [-0.39, 0.29) is 11.9 Å². The second-order valence-corrected chi connectivity index (χ2v) is 7.30. The largest absolute Gasteiger partial charge is 0.499 e. The lowest BCUT2D eigenvalue weighted by atomic mass is 10.1. The first-order valence-electron chi connectivity index (χ1n) is 9.94. The highest BCUT2D eigenvalue weighted by atomic mass is 16.5. The molecule has 0 fully saturated rings. The molecule has 0 aliphatic carbocycles. The molecule has 0 saturated heterocycles. The molecule has 0 rings (SSSR count). The summed E-state index contributed by atoms with van der Waals surface area (Å²) in [5, 5.41) is 0. The molecule has 1 atom stereocenters. The van der Waals surface area contributed by atoms with Gasteiger partial charge >= 0.3 is 5.97 Å². The maximum atomic E-state index is 11.9. The van der Waals surface area contributed by atoms with E-state index in [1.807, 2.05) is 0 Å². The molecule has 0 heterocycles. The average Bonchev–Trinajstić information content (AvgIpc) is 2.55. The summed E-state index contributed by atoms with van der Waals surface area (Å²) in [4.78, 5) is 11.9. The van der Waals surface area contributed by atoms with Crippen LogP contribution in [0.15, 0.2) is 12.3 Å². The van der Waals surface area contributed by atoms with Crippen molar-refractivity contribution in [2.45, 2.75) is 78.6 Å². The number of carbonyl (C=O) groups excluding carboxylic acids is 1. The summed E-state index contributed by atoms with van der Waals surface area (Å²) in [5.74, 6) is 1.35. The van der Waals surface area contributed by atoms with Crippen LogP contribution in [0.4, 0.5) is 0 Å². The number of rotatable bonds is 17. The Hall–Kier alpha value is -1.03. The monoisotopic (exact) mass is 356 g/mol. The van der Waals surface area contributed by atoms with Crippen LogP contribution in [0.5, 0.6) is 0 Å². The first-order valence-corrected chi connectivity index (χ1v) is 9.94. The van der Waals surface area contributed by atoms with Gasteiger partial charge in [-0.3, -0.25) is 4.79 Å². The van der Waals surface area contributed by atoms with Gasteiger partial charge in [0.05, 0.1) is 25.6 Å². The molecule has 0 aromatic rings. The Labute approximate surface area is 155 Å². The topological polar surface area (TPSA) is 44.8 Å². The molecular formula is C21H40O4. The number of allylic oxidation sites excluding steroid dienone is 1. The number of unbranched alkanes of at least 4 members (excludes halogenated alkanes) is 5. The second-order valence-electron chi connectivity index (χ2n) is 7.30. The first kappa shape index (κ1) is 24.0. The maximum absolute atomic E-state index is 11.9. The fourth-order valence-corrected chi connectivity index (χ4v) is 2.55. The summed E-state index contributed by atoms with van der Waals surface area (Å²) in [6, 6.07) is 0. The van der Waals surface area contributed by atoms with Gasteiger partial charge in [0.2, 0.25) is 0 Å². The molecule has 0 aromatic heterocycles. The SMILES string of the molecule is C=C(CC(COC)COC(=O)CCCCCCCC)OCCC(C)C. The van der Waals surface area contributed by atoms with Crippen LogP contribution >= 0.6 is 0 Å². The molecule has 0 aliphatic heterocycles. The molecule has 4 heteroatoms. The summed E-state index contributed by atoms with van der Waals surface area (Å²) in [7, 11) is 1.66. The van der Waals surface area contributed by atoms with Gasteiger partial charge in [-0.15, -0.1) is 0 Å². The summed E-state index contributed by atoms with van der Waals surface area (Å²) >= 11 is 0. The van der Waals surface area contributed by atoms with Crippen molar-refractivity contribution >= 4 is 5.97 Å². The van der Waals surface area contributed by atoms with E-state index in [4.69, 9.17) is 14.2 Å². The quantitative estimate of drug-likeness (QED) is 0.196. The van der Waals surface area contributed by atoms with E-state index in [0.29, 0.717) is 38.6 Å². The molecule has 0 saturated carbocycles. The van der Waals surface area contributed by atoms with Gasteiger partial charge < -0.3 is 14.2 Å². The highest BCUT2D eigenvalue weighted by molar-refractivity contribution is 5.69. The van der Waals surface area contributed by atoms with Crippen LogP contribution in [0.2, 0.25) is 0 Å². The van der Waals surface area contributed by atoms with Gasteiger partial charge in [-0.25, -0.2) is 0 Å². The van der Waals surface area contributed by atoms with Crippen molar-refractivity contribution < 1.29 is 19.0 Å². The Bertz CT molecular complexity index is 339. The van der Waals surface area contributed by atoms with Gasteiger partial charge in [0, 0.05) is 25.9 Å². The maximum Gasteiger partial charge on any atom is 0.305 e. The first-order chi connectivity index (χ1) is 12.0. The normalized spacial score (nSPS) is 12.2. The zero-order chi connectivity index (χ0) is 18.9. The number of hydrogen-bond acceptors (Lipinski definition) is 4. The van der Waals surface area contributed by atoms with Gasteiger partial charge in [0.15, 0.2) is 0 Å². The van der Waals surface area contributed by atoms with Crippen molar-refractivity contribution in [1.29, 1.82) is 0 Å². The van der Waals surface area contributed by atoms with Crippen LogP contribution in [0.3, 0.4) is 0 Å². The highest BCUT2D eigenvalue weighted by Gasteiger charge is 2.14. The molecule has 0 bridgehead atoms. The molecule has 0 N–H and O–H groups in total. The van der Waals surface area contributed by atoms with Gasteiger partial charge in [0.25, 0.3) is 0 Å². The predicted octanol–water partition coefficient (Wildman–Crippen LogP) is 5.51. The Morgan fingerprint density at radius 2 is 1.68 bits per heavy atom. The Kier molecular flexibility index (Phi) is 15.8. The predicted molar refractivity (Wildman–Crippen MR) is 103 cm³/mol. The Morgan fingerprint density at radius 3 is 2.32 bits per heavy atom. The number of methoxy groups -OCH3 is 1. The molecule has 0 spiro atoms. The third-order valence-electron chi connectivity index (χ3n) is 4.13. The van der Waals surface area contributed by atoms with E-state index < -0.39 is 0 Å². The highest BCUT2D eigenvalue weighted by Crippen LogP contribution is 2.15. The van der Waals surface area contributed by atoms with E-state index in [1.165, 1.54) is 25.7 Å². The van der Waals surface area contributed by atoms with E-state index in [2.05, 4.69) is 27.4 Å². The van der Waals surface area contributed by atoms with Gasteiger partial charge in [-0.05, 0) is 18.8 Å². The molecule has 0 amide bonds. The van der Waals surface area contributed by atoms with Crippen molar-refractivity contribution in [1.82, 2.24) is 0 Å².